The number of hydrogen-bond donors (Lipinski definition) is 1. The average molecular weight is 521 g/mol. The van der Waals surface area contributed by atoms with Crippen LogP contribution in [0.2, 0.25) is 0 Å². The molecule has 3 aliphatic rings. The zero-order valence-corrected chi connectivity index (χ0v) is 20.6. The summed E-state index contributed by atoms with van der Waals surface area (Å²) in [5, 5.41) is 2.93. The lowest BCUT2D eigenvalue weighted by atomic mass is 9.80. The van der Waals surface area contributed by atoms with Crippen LogP contribution in [0.25, 0.3) is 4.85 Å². The fraction of sp³-hybridized carbons (Fsp3) is 0.385. The van der Waals surface area contributed by atoms with Crippen LogP contribution in [-0.4, -0.2) is 46.3 Å². The van der Waals surface area contributed by atoms with Crippen molar-refractivity contribution in [3.8, 4) is 0 Å². The quantitative estimate of drug-likeness (QED) is 0.614. The maximum absolute atomic E-state index is 14.0. The Labute approximate surface area is 207 Å². The number of anilines is 1. The second kappa shape index (κ2) is 8.24. The molecule has 0 saturated carbocycles. The number of halogens is 1. The maximum atomic E-state index is 14.0. The first kappa shape index (κ1) is 22.6. The van der Waals surface area contributed by atoms with E-state index in [9.17, 15) is 14.4 Å². The van der Waals surface area contributed by atoms with Crippen molar-refractivity contribution in [2.75, 3.05) is 11.9 Å². The van der Waals surface area contributed by atoms with Gasteiger partial charge in [-0.15, -0.1) is 0 Å². The molecule has 1 saturated heterocycles. The first-order valence-corrected chi connectivity index (χ1v) is 12.2. The van der Waals surface area contributed by atoms with Crippen LogP contribution in [0.3, 0.4) is 0 Å². The molecule has 3 aliphatic heterocycles. The van der Waals surface area contributed by atoms with Crippen LogP contribution >= 0.6 is 15.9 Å². The SMILES string of the molecule is [C-]#[N+][C@@H]1C[C@@]2(CN1C(=O)[C@H](CC(C)C)N1Cc3cc(Br)ccc3C1=O)C(=O)Nc1ccccc12. The van der Waals surface area contributed by atoms with Crippen molar-refractivity contribution in [3.63, 3.8) is 0 Å². The Kier molecular flexibility index (Phi) is 5.48. The van der Waals surface area contributed by atoms with E-state index in [1.54, 1.807) is 11.0 Å². The van der Waals surface area contributed by atoms with Gasteiger partial charge in [-0.25, -0.2) is 6.57 Å². The van der Waals surface area contributed by atoms with Crippen molar-refractivity contribution in [1.82, 2.24) is 9.80 Å². The normalized spacial score (nSPS) is 23.8. The van der Waals surface area contributed by atoms with Gasteiger partial charge in [0.2, 0.25) is 5.91 Å². The van der Waals surface area contributed by atoms with E-state index in [0.717, 1.165) is 21.3 Å². The number of nitrogens with zero attached hydrogens (tertiary/aromatic N) is 3. The van der Waals surface area contributed by atoms with Crippen LogP contribution in [0, 0.1) is 12.5 Å². The number of benzene rings is 2. The van der Waals surface area contributed by atoms with Crippen LogP contribution in [0.1, 0.15) is 48.2 Å². The fourth-order valence-electron chi connectivity index (χ4n) is 5.52. The Bertz CT molecular complexity index is 1250. The predicted octanol–water partition coefficient (Wildman–Crippen LogP) is 4.19. The smallest absolute Gasteiger partial charge is 0.302 e. The van der Waals surface area contributed by atoms with Crippen LogP contribution in [-0.2, 0) is 21.5 Å². The molecule has 34 heavy (non-hydrogen) atoms. The van der Waals surface area contributed by atoms with Gasteiger partial charge in [-0.05, 0) is 47.7 Å². The number of fused-ring (bicyclic) bond motifs is 3. The molecule has 1 fully saturated rings. The Morgan fingerprint density at radius 3 is 2.76 bits per heavy atom. The van der Waals surface area contributed by atoms with Crippen molar-refractivity contribution < 1.29 is 14.4 Å². The van der Waals surface area contributed by atoms with Crippen molar-refractivity contribution in [2.24, 2.45) is 5.92 Å². The van der Waals surface area contributed by atoms with E-state index in [2.05, 4.69) is 26.1 Å². The van der Waals surface area contributed by atoms with E-state index in [4.69, 9.17) is 6.57 Å². The van der Waals surface area contributed by atoms with Crippen LogP contribution in [0.5, 0.6) is 0 Å². The molecular formula is C26H25BrN4O3. The van der Waals surface area contributed by atoms with Crippen molar-refractivity contribution in [3.05, 3.63) is 75.0 Å². The van der Waals surface area contributed by atoms with Gasteiger partial charge in [-0.1, -0.05) is 48.0 Å². The fourth-order valence-corrected chi connectivity index (χ4v) is 5.93. The second-order valence-electron chi connectivity index (χ2n) is 9.74. The molecule has 5 rings (SSSR count). The Balaban J connectivity index is 1.48. The minimum absolute atomic E-state index is 0.136. The molecular weight excluding hydrogens is 496 g/mol. The lowest BCUT2D eigenvalue weighted by Crippen LogP contribution is -2.51. The summed E-state index contributed by atoms with van der Waals surface area (Å²) in [7, 11) is 0. The number of amides is 3. The summed E-state index contributed by atoms with van der Waals surface area (Å²) in [6.45, 7) is 12.3. The third-order valence-corrected chi connectivity index (χ3v) is 7.64. The zero-order chi connectivity index (χ0) is 24.2. The highest BCUT2D eigenvalue weighted by Gasteiger charge is 2.59. The molecule has 2 aromatic rings. The molecule has 3 amide bonds. The Hall–Kier alpha value is -3.18. The monoisotopic (exact) mass is 520 g/mol. The van der Waals surface area contributed by atoms with Gasteiger partial charge >= 0.3 is 6.17 Å². The molecule has 0 aliphatic carbocycles. The van der Waals surface area contributed by atoms with E-state index < -0.39 is 17.6 Å². The van der Waals surface area contributed by atoms with Crippen molar-refractivity contribution >= 4 is 39.3 Å². The Morgan fingerprint density at radius 1 is 1.26 bits per heavy atom. The molecule has 0 unspecified atom stereocenters. The van der Waals surface area contributed by atoms with E-state index in [-0.39, 0.29) is 36.6 Å². The number of likely N-dealkylation sites (tertiary alicyclic amines) is 1. The topological polar surface area (TPSA) is 74.1 Å². The molecule has 0 aromatic heterocycles. The third kappa shape index (κ3) is 3.41. The van der Waals surface area contributed by atoms with Gasteiger partial charge in [0, 0.05) is 28.8 Å². The maximum Gasteiger partial charge on any atom is 0.302 e. The molecule has 1 N–H and O–H groups in total. The van der Waals surface area contributed by atoms with Gasteiger partial charge in [0.15, 0.2) is 0 Å². The van der Waals surface area contributed by atoms with Gasteiger partial charge in [0.25, 0.3) is 11.8 Å². The summed E-state index contributed by atoms with van der Waals surface area (Å²) in [5.74, 6) is -0.439. The van der Waals surface area contributed by atoms with Crippen LogP contribution < -0.4 is 5.32 Å². The highest BCUT2D eigenvalue weighted by atomic mass is 79.9. The summed E-state index contributed by atoms with van der Waals surface area (Å²) >= 11 is 3.46. The summed E-state index contributed by atoms with van der Waals surface area (Å²) in [6.07, 6.45) is -0.0227. The number of para-hydroxylation sites is 1. The van der Waals surface area contributed by atoms with Gasteiger partial charge < -0.3 is 10.2 Å². The zero-order valence-electron chi connectivity index (χ0n) is 19.0. The summed E-state index contributed by atoms with van der Waals surface area (Å²) in [6, 6.07) is 12.3. The first-order valence-electron chi connectivity index (χ1n) is 11.4. The first-order chi connectivity index (χ1) is 16.2. The minimum atomic E-state index is -0.938. The minimum Gasteiger partial charge on any atom is -0.325 e. The molecule has 3 atom stereocenters. The van der Waals surface area contributed by atoms with Gasteiger partial charge in [0.1, 0.15) is 11.5 Å². The molecule has 0 bridgehead atoms. The molecule has 1 spiro atoms. The molecule has 3 heterocycles. The van der Waals surface area contributed by atoms with E-state index in [0.29, 0.717) is 18.5 Å². The standard InChI is InChI=1S/C26H25BrN4O3/c1-15(2)10-21(30-13-16-11-17(27)8-9-18(16)23(30)32)24(33)31-14-26(12-22(31)28-3)19-6-4-5-7-20(19)29-25(26)34/h4-9,11,15,21-22H,10,12-14H2,1-2H3,(H,29,34)/t21-,22-,26-/m0/s1. The lowest BCUT2D eigenvalue weighted by molar-refractivity contribution is -0.137. The average Bonchev–Trinajstić information content (AvgIpc) is 3.44. The number of nitrogens with one attached hydrogen (secondary N) is 1. The Morgan fingerprint density at radius 2 is 2.03 bits per heavy atom. The number of carbonyl (C=O) groups excluding carboxylic acids is 3. The molecule has 8 heteroatoms. The summed E-state index contributed by atoms with van der Waals surface area (Å²) in [5.41, 5.74) is 2.11. The molecule has 7 nitrogen and oxygen atoms in total. The van der Waals surface area contributed by atoms with Crippen LogP contribution in [0.15, 0.2) is 46.9 Å². The largest absolute Gasteiger partial charge is 0.325 e. The molecule has 2 aromatic carbocycles. The van der Waals surface area contributed by atoms with Gasteiger partial charge in [-0.3, -0.25) is 24.1 Å². The highest BCUT2D eigenvalue weighted by Crippen LogP contribution is 2.47. The van der Waals surface area contributed by atoms with Gasteiger partial charge in [0.05, 0.1) is 6.42 Å². The van der Waals surface area contributed by atoms with E-state index >= 15 is 0 Å². The predicted molar refractivity (Wildman–Crippen MR) is 131 cm³/mol. The van der Waals surface area contributed by atoms with E-state index in [1.165, 1.54) is 4.90 Å². The number of rotatable bonds is 4. The number of carbonyl (C=O) groups is 3. The third-order valence-electron chi connectivity index (χ3n) is 7.14. The molecule has 174 valence electrons. The van der Waals surface area contributed by atoms with Crippen molar-refractivity contribution in [1.29, 1.82) is 0 Å². The van der Waals surface area contributed by atoms with Gasteiger partial charge in [-0.2, -0.15) is 0 Å². The summed E-state index contributed by atoms with van der Waals surface area (Å²) in [4.78, 5) is 47.3. The second-order valence-corrected chi connectivity index (χ2v) is 10.7. The summed E-state index contributed by atoms with van der Waals surface area (Å²) < 4.78 is 0.883. The van der Waals surface area contributed by atoms with Crippen LogP contribution in [0.4, 0.5) is 5.69 Å². The lowest BCUT2D eigenvalue weighted by Gasteiger charge is -2.32. The van der Waals surface area contributed by atoms with E-state index in [1.807, 2.05) is 50.2 Å². The highest BCUT2D eigenvalue weighted by molar-refractivity contribution is 9.10. The number of hydrogen-bond acceptors (Lipinski definition) is 3. The van der Waals surface area contributed by atoms with Crippen molar-refractivity contribution in [2.45, 2.75) is 50.9 Å². The molecule has 0 radical (unpaired) electrons.